The van der Waals surface area contributed by atoms with E-state index in [9.17, 15) is 0 Å². The Hall–Kier alpha value is -2.89. The van der Waals surface area contributed by atoms with Crippen LogP contribution in [0.5, 0.6) is 17.2 Å². The molecule has 0 saturated heterocycles. The van der Waals surface area contributed by atoms with Crippen LogP contribution in [0.3, 0.4) is 0 Å². The Morgan fingerprint density at radius 2 is 1.96 bits per heavy atom. The highest BCUT2D eigenvalue weighted by molar-refractivity contribution is 5.79. The number of hydrogen-bond donors (Lipinski definition) is 1. The zero-order chi connectivity index (χ0) is 19.8. The first-order valence-corrected chi connectivity index (χ1v) is 9.63. The van der Waals surface area contributed by atoms with E-state index in [0.29, 0.717) is 6.61 Å². The van der Waals surface area contributed by atoms with Gasteiger partial charge in [-0.2, -0.15) is 0 Å². The Morgan fingerprint density at radius 1 is 1.18 bits per heavy atom. The van der Waals surface area contributed by atoms with E-state index >= 15 is 0 Å². The van der Waals surface area contributed by atoms with Crippen LogP contribution in [-0.4, -0.2) is 58.4 Å². The molecule has 1 N–H and O–H groups in total. The highest BCUT2D eigenvalue weighted by Gasteiger charge is 2.12. The average molecular weight is 383 g/mol. The standard InChI is InChI=1S/C22H29N3O3/c1-23-22(24-12-10-17-4-9-21-18(16-17)11-14-28-21)25(2)13-15-27-20-7-5-19(26-3)6-8-20/h4-9,16H,10-15H2,1-3H3,(H,23,24). The molecule has 0 aromatic heterocycles. The Labute approximate surface area is 167 Å². The Morgan fingerprint density at radius 3 is 2.71 bits per heavy atom. The second kappa shape index (κ2) is 9.88. The summed E-state index contributed by atoms with van der Waals surface area (Å²) in [7, 11) is 5.47. The number of fused-ring (bicyclic) bond motifs is 1. The normalized spacial score (nSPS) is 12.9. The maximum Gasteiger partial charge on any atom is 0.193 e. The van der Waals surface area contributed by atoms with Gasteiger partial charge in [0.15, 0.2) is 5.96 Å². The molecule has 1 aliphatic heterocycles. The largest absolute Gasteiger partial charge is 0.497 e. The van der Waals surface area contributed by atoms with Gasteiger partial charge in [0.05, 0.1) is 20.3 Å². The number of hydrogen-bond acceptors (Lipinski definition) is 4. The predicted molar refractivity (Wildman–Crippen MR) is 112 cm³/mol. The molecule has 3 rings (SSSR count). The fourth-order valence-electron chi connectivity index (χ4n) is 3.18. The minimum absolute atomic E-state index is 0.578. The summed E-state index contributed by atoms with van der Waals surface area (Å²) in [4.78, 5) is 6.43. The van der Waals surface area contributed by atoms with Crippen LogP contribution in [0.1, 0.15) is 11.1 Å². The number of likely N-dealkylation sites (N-methyl/N-ethyl adjacent to an activating group) is 1. The van der Waals surface area contributed by atoms with Gasteiger partial charge < -0.3 is 24.4 Å². The first-order chi connectivity index (χ1) is 13.7. The van der Waals surface area contributed by atoms with Gasteiger partial charge in [-0.3, -0.25) is 4.99 Å². The summed E-state index contributed by atoms with van der Waals surface area (Å²) in [5.41, 5.74) is 2.63. The van der Waals surface area contributed by atoms with Crippen molar-refractivity contribution < 1.29 is 14.2 Å². The van der Waals surface area contributed by atoms with Crippen molar-refractivity contribution in [1.29, 1.82) is 0 Å². The van der Waals surface area contributed by atoms with E-state index in [1.165, 1.54) is 11.1 Å². The molecule has 0 unspecified atom stereocenters. The van der Waals surface area contributed by atoms with Crippen LogP contribution in [0.25, 0.3) is 0 Å². The summed E-state index contributed by atoms with van der Waals surface area (Å²) in [6.07, 6.45) is 1.96. The molecular weight excluding hydrogens is 354 g/mol. The summed E-state index contributed by atoms with van der Waals surface area (Å²) in [5, 5.41) is 3.42. The highest BCUT2D eigenvalue weighted by Crippen LogP contribution is 2.25. The molecule has 0 aliphatic carbocycles. The molecule has 0 atom stereocenters. The van der Waals surface area contributed by atoms with Crippen LogP contribution in [0.2, 0.25) is 0 Å². The summed E-state index contributed by atoms with van der Waals surface area (Å²) >= 11 is 0. The van der Waals surface area contributed by atoms with Crippen LogP contribution >= 0.6 is 0 Å². The van der Waals surface area contributed by atoms with Gasteiger partial charge in [0, 0.05) is 27.1 Å². The van der Waals surface area contributed by atoms with Gasteiger partial charge in [-0.25, -0.2) is 0 Å². The second-order valence-corrected chi connectivity index (χ2v) is 6.71. The number of methoxy groups -OCH3 is 1. The van der Waals surface area contributed by atoms with E-state index in [4.69, 9.17) is 14.2 Å². The molecule has 0 saturated carbocycles. The molecule has 28 heavy (non-hydrogen) atoms. The van der Waals surface area contributed by atoms with Crippen LogP contribution in [0.15, 0.2) is 47.5 Å². The number of nitrogens with zero attached hydrogens (tertiary/aromatic N) is 2. The van der Waals surface area contributed by atoms with Crippen molar-refractivity contribution in [2.75, 3.05) is 47.5 Å². The van der Waals surface area contributed by atoms with Crippen LogP contribution in [-0.2, 0) is 12.8 Å². The van der Waals surface area contributed by atoms with Gasteiger partial charge >= 0.3 is 0 Å². The number of rotatable bonds is 8. The van der Waals surface area contributed by atoms with Crippen molar-refractivity contribution in [3.63, 3.8) is 0 Å². The molecule has 0 spiro atoms. The molecule has 0 amide bonds. The Kier molecular flexibility index (Phi) is 7.00. The third kappa shape index (κ3) is 5.31. The molecule has 0 radical (unpaired) electrons. The highest BCUT2D eigenvalue weighted by atomic mass is 16.5. The molecule has 6 heteroatoms. The number of benzene rings is 2. The van der Waals surface area contributed by atoms with Gasteiger partial charge in [-0.05, 0) is 47.9 Å². The van der Waals surface area contributed by atoms with Gasteiger partial charge in [0.1, 0.15) is 23.9 Å². The molecule has 150 valence electrons. The Bertz CT molecular complexity index is 790. The van der Waals surface area contributed by atoms with Crippen LogP contribution in [0, 0.1) is 0 Å². The number of nitrogens with one attached hydrogen (secondary N) is 1. The third-order valence-electron chi connectivity index (χ3n) is 4.78. The fraction of sp³-hybridized carbons (Fsp3) is 0.409. The van der Waals surface area contributed by atoms with E-state index in [-0.39, 0.29) is 0 Å². The van der Waals surface area contributed by atoms with E-state index < -0.39 is 0 Å². The molecule has 0 bridgehead atoms. The SMILES string of the molecule is CN=C(NCCc1ccc2c(c1)CCO2)N(C)CCOc1ccc(OC)cc1. The first-order valence-electron chi connectivity index (χ1n) is 9.63. The first kappa shape index (κ1) is 19.9. The lowest BCUT2D eigenvalue weighted by Crippen LogP contribution is -2.41. The smallest absolute Gasteiger partial charge is 0.193 e. The van der Waals surface area contributed by atoms with E-state index in [2.05, 4.69) is 33.4 Å². The van der Waals surface area contributed by atoms with Gasteiger partial charge in [0.2, 0.25) is 0 Å². The monoisotopic (exact) mass is 383 g/mol. The van der Waals surface area contributed by atoms with Crippen molar-refractivity contribution in [1.82, 2.24) is 10.2 Å². The summed E-state index contributed by atoms with van der Waals surface area (Å²) in [6, 6.07) is 14.1. The predicted octanol–water partition coefficient (Wildman–Crippen LogP) is 2.76. The summed E-state index contributed by atoms with van der Waals surface area (Å²) < 4.78 is 16.5. The quantitative estimate of drug-likeness (QED) is 0.561. The van der Waals surface area contributed by atoms with Gasteiger partial charge in [0.25, 0.3) is 0 Å². The summed E-state index contributed by atoms with van der Waals surface area (Å²) in [6.45, 7) is 2.94. The van der Waals surface area contributed by atoms with Crippen LogP contribution in [0.4, 0.5) is 0 Å². The van der Waals surface area contributed by atoms with E-state index in [0.717, 1.165) is 55.7 Å². The minimum Gasteiger partial charge on any atom is -0.497 e. The second-order valence-electron chi connectivity index (χ2n) is 6.71. The number of aliphatic imine (C=N–C) groups is 1. The van der Waals surface area contributed by atoms with Crippen LogP contribution < -0.4 is 19.5 Å². The topological polar surface area (TPSA) is 55.3 Å². The molecule has 0 fully saturated rings. The van der Waals surface area contributed by atoms with E-state index in [1.807, 2.05) is 31.3 Å². The van der Waals surface area contributed by atoms with Crippen molar-refractivity contribution in [2.24, 2.45) is 4.99 Å². The lowest BCUT2D eigenvalue weighted by Gasteiger charge is -2.22. The molecule has 2 aromatic rings. The number of ether oxygens (including phenoxy) is 3. The minimum atomic E-state index is 0.578. The molecule has 1 heterocycles. The average Bonchev–Trinajstić information content (AvgIpc) is 3.19. The number of guanidine groups is 1. The van der Waals surface area contributed by atoms with Gasteiger partial charge in [-0.15, -0.1) is 0 Å². The van der Waals surface area contributed by atoms with Crippen molar-refractivity contribution in [3.8, 4) is 17.2 Å². The maximum absolute atomic E-state index is 5.80. The molecule has 1 aliphatic rings. The Balaban J connectivity index is 1.40. The molecule has 6 nitrogen and oxygen atoms in total. The van der Waals surface area contributed by atoms with Crippen molar-refractivity contribution in [3.05, 3.63) is 53.6 Å². The van der Waals surface area contributed by atoms with Crippen molar-refractivity contribution >= 4 is 5.96 Å². The van der Waals surface area contributed by atoms with Crippen molar-refractivity contribution in [2.45, 2.75) is 12.8 Å². The summed E-state index contributed by atoms with van der Waals surface area (Å²) in [5.74, 6) is 3.55. The lowest BCUT2D eigenvalue weighted by molar-refractivity contribution is 0.281. The molecule has 2 aromatic carbocycles. The van der Waals surface area contributed by atoms with Gasteiger partial charge in [-0.1, -0.05) is 12.1 Å². The van der Waals surface area contributed by atoms with E-state index in [1.54, 1.807) is 14.2 Å². The fourth-order valence-corrected chi connectivity index (χ4v) is 3.18. The molecular formula is C22H29N3O3. The zero-order valence-corrected chi connectivity index (χ0v) is 16.9. The zero-order valence-electron chi connectivity index (χ0n) is 16.9. The third-order valence-corrected chi connectivity index (χ3v) is 4.78. The lowest BCUT2D eigenvalue weighted by atomic mass is 10.1. The maximum atomic E-state index is 5.80.